The Morgan fingerprint density at radius 2 is 2.24 bits per heavy atom. The van der Waals surface area contributed by atoms with Gasteiger partial charge in [-0.3, -0.25) is 4.79 Å². The van der Waals surface area contributed by atoms with E-state index in [2.05, 4.69) is 0 Å². The van der Waals surface area contributed by atoms with Gasteiger partial charge in [-0.2, -0.15) is 0 Å². The first-order valence-corrected chi connectivity index (χ1v) is 7.08. The maximum atomic E-state index is 12.4. The average molecular weight is 253 g/mol. The van der Waals surface area contributed by atoms with Crippen molar-refractivity contribution in [2.45, 2.75) is 38.6 Å². The molecule has 1 aliphatic rings. The van der Waals surface area contributed by atoms with E-state index < -0.39 is 0 Å². The summed E-state index contributed by atoms with van der Waals surface area (Å²) in [5.41, 5.74) is 1.04. The van der Waals surface area contributed by atoms with E-state index in [-0.39, 0.29) is 12.5 Å². The van der Waals surface area contributed by atoms with Gasteiger partial charge in [0.1, 0.15) is 0 Å². The first kappa shape index (κ1) is 12.6. The Kier molecular flexibility index (Phi) is 4.18. The van der Waals surface area contributed by atoms with Crippen LogP contribution in [0.1, 0.15) is 40.9 Å². The summed E-state index contributed by atoms with van der Waals surface area (Å²) in [5.74, 6) is 0.0958. The maximum Gasteiger partial charge on any atom is 0.264 e. The third-order valence-corrected chi connectivity index (χ3v) is 4.43. The summed E-state index contributed by atoms with van der Waals surface area (Å²) >= 11 is 1.50. The largest absolute Gasteiger partial charge is 0.395 e. The molecule has 1 saturated carbocycles. The van der Waals surface area contributed by atoms with Gasteiger partial charge in [-0.1, -0.05) is 12.8 Å². The van der Waals surface area contributed by atoms with Crippen molar-refractivity contribution < 1.29 is 9.90 Å². The van der Waals surface area contributed by atoms with E-state index in [1.165, 1.54) is 24.2 Å². The van der Waals surface area contributed by atoms with Crippen LogP contribution < -0.4 is 0 Å². The monoisotopic (exact) mass is 253 g/mol. The molecule has 1 aliphatic carbocycles. The molecule has 1 heterocycles. The van der Waals surface area contributed by atoms with Crippen LogP contribution >= 0.6 is 11.3 Å². The third-order valence-electron chi connectivity index (χ3n) is 3.42. The van der Waals surface area contributed by atoms with Crippen molar-refractivity contribution in [1.82, 2.24) is 4.90 Å². The van der Waals surface area contributed by atoms with Gasteiger partial charge >= 0.3 is 0 Å². The molecule has 0 saturated heterocycles. The molecule has 0 bridgehead atoms. The molecule has 1 N–H and O–H groups in total. The van der Waals surface area contributed by atoms with E-state index in [9.17, 15) is 4.79 Å². The fourth-order valence-electron chi connectivity index (χ4n) is 2.50. The highest BCUT2D eigenvalue weighted by atomic mass is 32.1. The number of rotatable bonds is 4. The number of thiophene rings is 1. The van der Waals surface area contributed by atoms with Gasteiger partial charge in [0.2, 0.25) is 0 Å². The molecule has 1 aromatic rings. The van der Waals surface area contributed by atoms with Gasteiger partial charge in [0.15, 0.2) is 0 Å². The second kappa shape index (κ2) is 5.65. The van der Waals surface area contributed by atoms with Crippen LogP contribution in [0.4, 0.5) is 0 Å². The molecule has 17 heavy (non-hydrogen) atoms. The Balaban J connectivity index is 2.15. The lowest BCUT2D eigenvalue weighted by atomic mass is 10.2. The molecule has 3 nitrogen and oxygen atoms in total. The minimum atomic E-state index is 0.0483. The number of aliphatic hydroxyl groups is 1. The lowest BCUT2D eigenvalue weighted by molar-refractivity contribution is 0.0642. The van der Waals surface area contributed by atoms with Crippen LogP contribution in [0.3, 0.4) is 0 Å². The Bertz CT molecular complexity index is 383. The van der Waals surface area contributed by atoms with Crippen LogP contribution in [0, 0.1) is 6.92 Å². The van der Waals surface area contributed by atoms with Crippen molar-refractivity contribution in [3.8, 4) is 0 Å². The summed E-state index contributed by atoms with van der Waals surface area (Å²) in [5, 5.41) is 11.1. The van der Waals surface area contributed by atoms with Gasteiger partial charge in [-0.15, -0.1) is 11.3 Å². The molecule has 0 unspecified atom stereocenters. The molecule has 0 radical (unpaired) electrons. The predicted octanol–water partition coefficient (Wildman–Crippen LogP) is 2.43. The topological polar surface area (TPSA) is 40.5 Å². The van der Waals surface area contributed by atoms with E-state index in [1.54, 1.807) is 0 Å². The highest BCUT2D eigenvalue weighted by molar-refractivity contribution is 7.12. The van der Waals surface area contributed by atoms with Crippen molar-refractivity contribution in [3.63, 3.8) is 0 Å². The molecule has 94 valence electrons. The van der Waals surface area contributed by atoms with E-state index >= 15 is 0 Å². The van der Waals surface area contributed by atoms with Gasteiger partial charge in [0.25, 0.3) is 5.91 Å². The minimum Gasteiger partial charge on any atom is -0.395 e. The molecule has 1 amide bonds. The Morgan fingerprint density at radius 1 is 1.53 bits per heavy atom. The normalized spacial score (nSPS) is 16.4. The predicted molar refractivity (Wildman–Crippen MR) is 69.4 cm³/mol. The lowest BCUT2D eigenvalue weighted by Crippen LogP contribution is -2.40. The van der Waals surface area contributed by atoms with Crippen LogP contribution in [0.2, 0.25) is 0 Å². The smallest absolute Gasteiger partial charge is 0.264 e. The van der Waals surface area contributed by atoms with Crippen LogP contribution in [-0.2, 0) is 0 Å². The Morgan fingerprint density at radius 3 is 2.76 bits per heavy atom. The van der Waals surface area contributed by atoms with E-state index in [1.807, 2.05) is 23.3 Å². The zero-order valence-electron chi connectivity index (χ0n) is 10.2. The molecular weight excluding hydrogens is 234 g/mol. The molecule has 2 rings (SSSR count). The quantitative estimate of drug-likeness (QED) is 0.895. The number of carbonyl (C=O) groups is 1. The van der Waals surface area contributed by atoms with Crippen LogP contribution in [0.25, 0.3) is 0 Å². The molecule has 0 spiro atoms. The van der Waals surface area contributed by atoms with Gasteiger partial charge in [0.05, 0.1) is 11.5 Å². The molecule has 0 aromatic carbocycles. The summed E-state index contributed by atoms with van der Waals surface area (Å²) in [4.78, 5) is 15.1. The fourth-order valence-corrected chi connectivity index (χ4v) is 3.38. The second-order valence-corrected chi connectivity index (χ2v) is 5.51. The zero-order valence-corrected chi connectivity index (χ0v) is 11.0. The summed E-state index contributed by atoms with van der Waals surface area (Å²) < 4.78 is 0. The highest BCUT2D eigenvalue weighted by Crippen LogP contribution is 2.26. The Labute approximate surface area is 106 Å². The highest BCUT2D eigenvalue weighted by Gasteiger charge is 2.28. The standard InChI is InChI=1S/C13H19NO2S/c1-10-6-9-17-12(10)13(16)14(7-8-15)11-4-2-3-5-11/h6,9,11,15H,2-5,7-8H2,1H3. The SMILES string of the molecule is Cc1ccsc1C(=O)N(CCO)C1CCCC1. The van der Waals surface area contributed by atoms with Crippen molar-refractivity contribution in [2.75, 3.05) is 13.2 Å². The second-order valence-electron chi connectivity index (χ2n) is 4.59. The molecular formula is C13H19NO2S. The van der Waals surface area contributed by atoms with Gasteiger partial charge in [-0.25, -0.2) is 0 Å². The minimum absolute atomic E-state index is 0.0483. The van der Waals surface area contributed by atoms with Crippen molar-refractivity contribution in [1.29, 1.82) is 0 Å². The van der Waals surface area contributed by atoms with Gasteiger partial charge < -0.3 is 10.0 Å². The number of aryl methyl sites for hydroxylation is 1. The van der Waals surface area contributed by atoms with E-state index in [0.717, 1.165) is 23.3 Å². The average Bonchev–Trinajstić information content (AvgIpc) is 2.95. The molecule has 1 fully saturated rings. The van der Waals surface area contributed by atoms with Gasteiger partial charge in [-0.05, 0) is 36.8 Å². The van der Waals surface area contributed by atoms with Crippen LogP contribution in [0.5, 0.6) is 0 Å². The summed E-state index contributed by atoms with van der Waals surface area (Å²) in [6.07, 6.45) is 4.55. The summed E-state index contributed by atoms with van der Waals surface area (Å²) in [7, 11) is 0. The number of hydrogen-bond acceptors (Lipinski definition) is 3. The van der Waals surface area contributed by atoms with Crippen molar-refractivity contribution in [2.24, 2.45) is 0 Å². The molecule has 0 aliphatic heterocycles. The zero-order chi connectivity index (χ0) is 12.3. The summed E-state index contributed by atoms with van der Waals surface area (Å²) in [6, 6.07) is 2.31. The lowest BCUT2D eigenvalue weighted by Gasteiger charge is -2.28. The fraction of sp³-hybridized carbons (Fsp3) is 0.615. The summed E-state index contributed by atoms with van der Waals surface area (Å²) in [6.45, 7) is 2.48. The van der Waals surface area contributed by atoms with Gasteiger partial charge in [0, 0.05) is 12.6 Å². The number of carbonyl (C=O) groups excluding carboxylic acids is 1. The number of hydrogen-bond donors (Lipinski definition) is 1. The van der Waals surface area contributed by atoms with Crippen LogP contribution in [-0.4, -0.2) is 35.1 Å². The maximum absolute atomic E-state index is 12.4. The third kappa shape index (κ3) is 2.69. The Hall–Kier alpha value is -0.870. The molecule has 0 atom stereocenters. The first-order chi connectivity index (χ1) is 8.24. The molecule has 1 aromatic heterocycles. The van der Waals surface area contributed by atoms with E-state index in [4.69, 9.17) is 5.11 Å². The van der Waals surface area contributed by atoms with Crippen LogP contribution in [0.15, 0.2) is 11.4 Å². The molecule has 4 heteroatoms. The number of aliphatic hydroxyl groups excluding tert-OH is 1. The van der Waals surface area contributed by atoms with E-state index in [0.29, 0.717) is 12.6 Å². The van der Waals surface area contributed by atoms with Crippen molar-refractivity contribution >= 4 is 17.2 Å². The van der Waals surface area contributed by atoms with Crippen molar-refractivity contribution in [3.05, 3.63) is 21.9 Å². The first-order valence-electron chi connectivity index (χ1n) is 6.20. The number of amides is 1. The number of nitrogens with zero attached hydrogens (tertiary/aromatic N) is 1.